The van der Waals surface area contributed by atoms with E-state index >= 15 is 0 Å². The summed E-state index contributed by atoms with van der Waals surface area (Å²) >= 11 is 0. The zero-order valence-corrected chi connectivity index (χ0v) is 19.3. The monoisotopic (exact) mass is 507 g/mol. The van der Waals surface area contributed by atoms with E-state index in [1.807, 2.05) is 0 Å². The van der Waals surface area contributed by atoms with Crippen LogP contribution in [0.15, 0.2) is 4.99 Å². The molecule has 0 aromatic rings. The largest absolute Gasteiger partial charge is 0.401 e. The number of piperidine rings is 1. The molecule has 1 aliphatic heterocycles. The van der Waals surface area contributed by atoms with Crippen molar-refractivity contribution < 1.29 is 13.2 Å². The number of aliphatic imine (C=N–C) groups is 1. The molecule has 0 aromatic carbocycles. The lowest BCUT2D eigenvalue weighted by Crippen LogP contribution is -2.43. The van der Waals surface area contributed by atoms with Gasteiger partial charge >= 0.3 is 6.18 Å². The van der Waals surface area contributed by atoms with Crippen molar-refractivity contribution in [3.63, 3.8) is 0 Å². The van der Waals surface area contributed by atoms with Gasteiger partial charge in [0.2, 0.25) is 0 Å². The molecule has 5 nitrogen and oxygen atoms in total. The average molecular weight is 507 g/mol. The molecule has 1 saturated heterocycles. The van der Waals surface area contributed by atoms with Gasteiger partial charge in [0.25, 0.3) is 0 Å². The maximum absolute atomic E-state index is 12.4. The molecule has 0 radical (unpaired) electrons. The number of halogens is 4. The number of likely N-dealkylation sites (N-methyl/N-ethyl adjacent to an activating group) is 1. The predicted octanol–water partition coefficient (Wildman–Crippen LogP) is 3.17. The van der Waals surface area contributed by atoms with Gasteiger partial charge in [0.1, 0.15) is 0 Å². The normalized spacial score (nSPS) is 17.1. The molecule has 1 rings (SSSR count). The molecule has 0 saturated carbocycles. The summed E-state index contributed by atoms with van der Waals surface area (Å²) in [5.41, 5.74) is 0. The van der Waals surface area contributed by atoms with Crippen LogP contribution in [0.2, 0.25) is 0 Å². The van der Waals surface area contributed by atoms with E-state index in [-0.39, 0.29) is 24.0 Å². The quantitative estimate of drug-likeness (QED) is 0.271. The van der Waals surface area contributed by atoms with Crippen LogP contribution in [0, 0.1) is 5.92 Å². The SMILES string of the molecule is CCCN(CC)CCNC(=NC)NCCC1CCN(CC(F)(F)F)CC1.I. The van der Waals surface area contributed by atoms with Gasteiger partial charge in [-0.25, -0.2) is 0 Å². The molecule has 1 fully saturated rings. The van der Waals surface area contributed by atoms with Gasteiger partial charge < -0.3 is 15.5 Å². The molecule has 0 aliphatic carbocycles. The summed E-state index contributed by atoms with van der Waals surface area (Å²) in [6.45, 7) is 9.46. The number of rotatable bonds is 10. The number of nitrogens with one attached hydrogen (secondary N) is 2. The molecular weight excluding hydrogens is 470 g/mol. The van der Waals surface area contributed by atoms with E-state index < -0.39 is 12.7 Å². The summed E-state index contributed by atoms with van der Waals surface area (Å²) in [5.74, 6) is 1.29. The summed E-state index contributed by atoms with van der Waals surface area (Å²) in [6, 6.07) is 0. The minimum atomic E-state index is -4.09. The lowest BCUT2D eigenvalue weighted by molar-refractivity contribution is -0.148. The van der Waals surface area contributed by atoms with E-state index in [4.69, 9.17) is 0 Å². The van der Waals surface area contributed by atoms with Gasteiger partial charge in [0, 0.05) is 26.7 Å². The van der Waals surface area contributed by atoms with E-state index in [0.717, 1.165) is 64.4 Å². The van der Waals surface area contributed by atoms with Crippen LogP contribution in [-0.4, -0.2) is 81.3 Å². The van der Waals surface area contributed by atoms with E-state index in [1.165, 1.54) is 4.90 Å². The highest BCUT2D eigenvalue weighted by atomic mass is 127. The third-order valence-corrected chi connectivity index (χ3v) is 4.89. The highest BCUT2D eigenvalue weighted by Crippen LogP contribution is 2.23. The molecule has 0 unspecified atom stereocenters. The Kier molecular flexibility index (Phi) is 14.5. The van der Waals surface area contributed by atoms with E-state index in [1.54, 1.807) is 7.05 Å². The van der Waals surface area contributed by atoms with Gasteiger partial charge in [-0.2, -0.15) is 13.2 Å². The maximum atomic E-state index is 12.4. The van der Waals surface area contributed by atoms with Crippen molar-refractivity contribution in [2.75, 3.05) is 59.4 Å². The maximum Gasteiger partial charge on any atom is 0.401 e. The highest BCUT2D eigenvalue weighted by Gasteiger charge is 2.32. The Bertz CT molecular complexity index is 399. The Morgan fingerprint density at radius 2 is 1.74 bits per heavy atom. The second-order valence-electron chi connectivity index (χ2n) is 6.98. The first kappa shape index (κ1) is 26.7. The first-order valence-corrected chi connectivity index (χ1v) is 9.83. The van der Waals surface area contributed by atoms with Gasteiger partial charge in [0.05, 0.1) is 6.54 Å². The van der Waals surface area contributed by atoms with Crippen molar-refractivity contribution >= 4 is 29.9 Å². The van der Waals surface area contributed by atoms with Gasteiger partial charge in [-0.1, -0.05) is 13.8 Å². The smallest absolute Gasteiger partial charge is 0.356 e. The lowest BCUT2D eigenvalue weighted by Gasteiger charge is -2.32. The Morgan fingerprint density at radius 1 is 1.11 bits per heavy atom. The second kappa shape index (κ2) is 14.7. The Morgan fingerprint density at radius 3 is 2.26 bits per heavy atom. The zero-order chi connectivity index (χ0) is 19.4. The lowest BCUT2D eigenvalue weighted by atomic mass is 9.93. The van der Waals surface area contributed by atoms with Crippen molar-refractivity contribution in [3.8, 4) is 0 Å². The topological polar surface area (TPSA) is 42.9 Å². The molecule has 0 atom stereocenters. The molecule has 162 valence electrons. The Balaban J connectivity index is 0.00000676. The predicted molar refractivity (Wildman–Crippen MR) is 117 cm³/mol. The van der Waals surface area contributed by atoms with E-state index in [0.29, 0.717) is 19.0 Å². The molecule has 9 heteroatoms. The highest BCUT2D eigenvalue weighted by molar-refractivity contribution is 14.0. The molecule has 0 bridgehead atoms. The van der Waals surface area contributed by atoms with Crippen molar-refractivity contribution in [2.45, 2.75) is 45.7 Å². The van der Waals surface area contributed by atoms with Gasteiger partial charge in [-0.3, -0.25) is 9.89 Å². The fourth-order valence-corrected chi connectivity index (χ4v) is 3.38. The number of hydrogen-bond donors (Lipinski definition) is 2. The van der Waals surface area contributed by atoms with E-state index in [2.05, 4.69) is 34.4 Å². The van der Waals surface area contributed by atoms with Crippen molar-refractivity contribution in [3.05, 3.63) is 0 Å². The number of likely N-dealkylation sites (tertiary alicyclic amines) is 1. The number of nitrogens with zero attached hydrogens (tertiary/aromatic N) is 3. The minimum absolute atomic E-state index is 0. The number of guanidine groups is 1. The fraction of sp³-hybridized carbons (Fsp3) is 0.944. The van der Waals surface area contributed by atoms with Crippen molar-refractivity contribution in [2.24, 2.45) is 10.9 Å². The van der Waals surface area contributed by atoms with Crippen LogP contribution < -0.4 is 10.6 Å². The van der Waals surface area contributed by atoms with Crippen LogP contribution in [0.25, 0.3) is 0 Å². The molecule has 1 heterocycles. The molecule has 2 N–H and O–H groups in total. The molecule has 1 aliphatic rings. The van der Waals surface area contributed by atoms with E-state index in [9.17, 15) is 13.2 Å². The first-order chi connectivity index (χ1) is 12.4. The van der Waals surface area contributed by atoms with Gasteiger partial charge in [-0.15, -0.1) is 24.0 Å². The standard InChI is InChI=1S/C18H36F3N5.HI/c1-4-11-25(5-2)14-10-24-17(22-3)23-9-6-16-7-12-26(13-8-16)15-18(19,20)21;/h16H,4-15H2,1-3H3,(H2,22,23,24);1H. The number of alkyl halides is 3. The summed E-state index contributed by atoms with van der Waals surface area (Å²) in [7, 11) is 1.76. The zero-order valence-electron chi connectivity index (χ0n) is 16.9. The van der Waals surface area contributed by atoms with Gasteiger partial charge in [0.15, 0.2) is 5.96 Å². The summed E-state index contributed by atoms with van der Waals surface area (Å²) in [5, 5.41) is 6.64. The van der Waals surface area contributed by atoms with Gasteiger partial charge in [-0.05, 0) is 57.8 Å². The first-order valence-electron chi connectivity index (χ1n) is 9.83. The molecule has 0 amide bonds. The van der Waals surface area contributed by atoms with Crippen LogP contribution in [0.5, 0.6) is 0 Å². The van der Waals surface area contributed by atoms with Crippen LogP contribution in [-0.2, 0) is 0 Å². The summed E-state index contributed by atoms with van der Waals surface area (Å²) in [4.78, 5) is 8.15. The second-order valence-corrected chi connectivity index (χ2v) is 6.98. The Labute approximate surface area is 179 Å². The average Bonchev–Trinajstić information content (AvgIpc) is 2.59. The Hall–Kier alpha value is -0.290. The van der Waals surface area contributed by atoms with Crippen LogP contribution in [0.1, 0.15) is 39.5 Å². The number of hydrogen-bond acceptors (Lipinski definition) is 3. The molecule has 0 aromatic heterocycles. The van der Waals surface area contributed by atoms with Crippen LogP contribution in [0.4, 0.5) is 13.2 Å². The minimum Gasteiger partial charge on any atom is -0.356 e. The molecule has 27 heavy (non-hydrogen) atoms. The van der Waals surface area contributed by atoms with Crippen LogP contribution >= 0.6 is 24.0 Å². The van der Waals surface area contributed by atoms with Crippen molar-refractivity contribution in [1.29, 1.82) is 0 Å². The molecular formula is C18H37F3IN5. The summed E-state index contributed by atoms with van der Waals surface area (Å²) in [6.07, 6.45) is -0.282. The third kappa shape index (κ3) is 12.7. The third-order valence-electron chi connectivity index (χ3n) is 4.89. The van der Waals surface area contributed by atoms with Crippen LogP contribution in [0.3, 0.4) is 0 Å². The fourth-order valence-electron chi connectivity index (χ4n) is 3.38. The molecule has 0 spiro atoms. The van der Waals surface area contributed by atoms with Crippen molar-refractivity contribution in [1.82, 2.24) is 20.4 Å². The summed E-state index contributed by atoms with van der Waals surface area (Å²) < 4.78 is 37.2.